The van der Waals surface area contributed by atoms with Crippen molar-refractivity contribution in [2.45, 2.75) is 49.9 Å². The molecule has 0 aliphatic rings. The summed E-state index contributed by atoms with van der Waals surface area (Å²) in [6.07, 6.45) is -1.67. The van der Waals surface area contributed by atoms with E-state index in [1.807, 2.05) is 10.6 Å². The fourth-order valence-electron chi connectivity index (χ4n) is 2.44. The molecule has 4 atom stereocenters. The van der Waals surface area contributed by atoms with Crippen LogP contribution in [0.15, 0.2) is 4.99 Å². The molecule has 3 amide bonds. The average molecular weight is 491 g/mol. The highest BCUT2D eigenvalue weighted by atomic mass is 16.4. The molecular formula is C17H29N7O10. The van der Waals surface area contributed by atoms with Gasteiger partial charge in [0.25, 0.3) is 0 Å². The number of amides is 3. The van der Waals surface area contributed by atoms with Crippen LogP contribution in [0.3, 0.4) is 0 Å². The van der Waals surface area contributed by atoms with Crippen molar-refractivity contribution in [1.82, 2.24) is 16.0 Å². The molecule has 0 aromatic carbocycles. The van der Waals surface area contributed by atoms with Crippen LogP contribution in [0.4, 0.5) is 0 Å². The Morgan fingerprint density at radius 1 is 0.765 bits per heavy atom. The van der Waals surface area contributed by atoms with Crippen LogP contribution in [0.1, 0.15) is 25.7 Å². The Bertz CT molecular complexity index is 800. The van der Waals surface area contributed by atoms with Crippen molar-refractivity contribution in [3.8, 4) is 0 Å². The molecule has 4 unspecified atom stereocenters. The highest BCUT2D eigenvalue weighted by Crippen LogP contribution is 2.01. The lowest BCUT2D eigenvalue weighted by atomic mass is 10.1. The number of nitrogens with one attached hydrogen (secondary N) is 3. The number of carboxylic acids is 3. The number of aliphatic hydroxyl groups excluding tert-OH is 1. The second kappa shape index (κ2) is 15.0. The van der Waals surface area contributed by atoms with Crippen molar-refractivity contribution in [3.63, 3.8) is 0 Å². The van der Waals surface area contributed by atoms with Crippen molar-refractivity contribution >= 4 is 41.6 Å². The number of hydrogen-bond acceptors (Lipinski definition) is 9. The molecule has 13 N–H and O–H groups in total. The summed E-state index contributed by atoms with van der Waals surface area (Å²) in [5.41, 5.74) is 15.7. The molecule has 0 bridgehead atoms. The van der Waals surface area contributed by atoms with E-state index in [1.54, 1.807) is 0 Å². The molecule has 0 spiro atoms. The summed E-state index contributed by atoms with van der Waals surface area (Å²) < 4.78 is 0. The van der Waals surface area contributed by atoms with Crippen molar-refractivity contribution in [2.75, 3.05) is 13.2 Å². The Morgan fingerprint density at radius 3 is 1.74 bits per heavy atom. The Hall–Kier alpha value is -3.99. The Labute approximate surface area is 192 Å². The zero-order chi connectivity index (χ0) is 26.4. The first kappa shape index (κ1) is 30.0. The van der Waals surface area contributed by atoms with Crippen LogP contribution in [-0.4, -0.2) is 99.3 Å². The molecule has 0 aromatic heterocycles. The lowest BCUT2D eigenvalue weighted by molar-refractivity contribution is -0.144. The van der Waals surface area contributed by atoms with Gasteiger partial charge in [-0.05, 0) is 12.8 Å². The lowest BCUT2D eigenvalue weighted by Gasteiger charge is -2.23. The Balaban J connectivity index is 5.22. The number of nitrogens with zero attached hydrogens (tertiary/aromatic N) is 1. The van der Waals surface area contributed by atoms with Gasteiger partial charge in [-0.1, -0.05) is 0 Å². The number of hydrogen-bond donors (Lipinski definition) is 10. The molecule has 34 heavy (non-hydrogen) atoms. The van der Waals surface area contributed by atoms with Crippen LogP contribution in [0.2, 0.25) is 0 Å². The van der Waals surface area contributed by atoms with Crippen LogP contribution < -0.4 is 33.2 Å². The molecule has 0 rings (SSSR count). The highest BCUT2D eigenvalue weighted by Gasteiger charge is 2.31. The topological polar surface area (TPSA) is 310 Å². The fourth-order valence-corrected chi connectivity index (χ4v) is 2.44. The lowest BCUT2D eigenvalue weighted by Crippen LogP contribution is -2.58. The van der Waals surface area contributed by atoms with Gasteiger partial charge in [0, 0.05) is 6.54 Å². The van der Waals surface area contributed by atoms with E-state index in [9.17, 15) is 39.0 Å². The smallest absolute Gasteiger partial charge is 0.326 e. The molecule has 0 saturated heterocycles. The number of guanidine groups is 1. The van der Waals surface area contributed by atoms with Gasteiger partial charge in [0.1, 0.15) is 18.1 Å². The van der Waals surface area contributed by atoms with Gasteiger partial charge in [0.2, 0.25) is 17.7 Å². The van der Waals surface area contributed by atoms with Gasteiger partial charge in [-0.3, -0.25) is 29.0 Å². The molecular weight excluding hydrogens is 462 g/mol. The molecule has 0 saturated carbocycles. The third-order valence-electron chi connectivity index (χ3n) is 4.12. The quantitative estimate of drug-likeness (QED) is 0.0549. The number of aliphatic imine (C=N–C) groups is 1. The summed E-state index contributed by atoms with van der Waals surface area (Å²) in [5, 5.41) is 42.4. The first-order chi connectivity index (χ1) is 15.8. The van der Waals surface area contributed by atoms with Crippen molar-refractivity contribution in [1.29, 1.82) is 0 Å². The van der Waals surface area contributed by atoms with Crippen molar-refractivity contribution in [2.24, 2.45) is 22.2 Å². The number of carbonyl (C=O) groups is 6. The zero-order valence-electron chi connectivity index (χ0n) is 18.0. The van der Waals surface area contributed by atoms with E-state index in [0.29, 0.717) is 0 Å². The Kier molecular flexibility index (Phi) is 13.2. The minimum Gasteiger partial charge on any atom is -0.481 e. The van der Waals surface area contributed by atoms with E-state index in [-0.39, 0.29) is 25.3 Å². The van der Waals surface area contributed by atoms with E-state index in [2.05, 4.69) is 10.3 Å². The van der Waals surface area contributed by atoms with E-state index in [0.717, 1.165) is 0 Å². The van der Waals surface area contributed by atoms with Gasteiger partial charge >= 0.3 is 17.9 Å². The van der Waals surface area contributed by atoms with Crippen LogP contribution in [0.5, 0.6) is 0 Å². The van der Waals surface area contributed by atoms with E-state index in [1.165, 1.54) is 0 Å². The first-order valence-corrected chi connectivity index (χ1v) is 9.77. The molecule has 0 fully saturated rings. The minimum absolute atomic E-state index is 0.0860. The second-order valence-electron chi connectivity index (χ2n) is 6.96. The van der Waals surface area contributed by atoms with E-state index < -0.39 is 79.2 Å². The average Bonchev–Trinajstić information content (AvgIpc) is 2.71. The van der Waals surface area contributed by atoms with Crippen LogP contribution in [0.25, 0.3) is 0 Å². The van der Waals surface area contributed by atoms with Crippen LogP contribution >= 0.6 is 0 Å². The molecule has 0 aliphatic heterocycles. The molecule has 17 heteroatoms. The number of aliphatic carboxylic acids is 3. The predicted octanol–water partition coefficient (Wildman–Crippen LogP) is -5.15. The summed E-state index contributed by atoms with van der Waals surface area (Å²) in [5.74, 6) is -8.01. The molecule has 0 radical (unpaired) electrons. The van der Waals surface area contributed by atoms with E-state index >= 15 is 0 Å². The SMILES string of the molecule is NC(N)=NCCCC(NC(=O)C(CO)NC(=O)C(CC(=O)O)NC(=O)C(N)CC(=O)O)C(=O)O. The third-order valence-corrected chi connectivity index (χ3v) is 4.12. The predicted molar refractivity (Wildman–Crippen MR) is 113 cm³/mol. The fraction of sp³-hybridized carbons (Fsp3) is 0.588. The van der Waals surface area contributed by atoms with Gasteiger partial charge in [-0.2, -0.15) is 0 Å². The molecule has 0 heterocycles. The van der Waals surface area contributed by atoms with Gasteiger partial charge < -0.3 is 53.6 Å². The normalized spacial score (nSPS) is 13.9. The minimum atomic E-state index is -1.78. The highest BCUT2D eigenvalue weighted by molar-refractivity contribution is 5.96. The summed E-state index contributed by atoms with van der Waals surface area (Å²) in [6, 6.07) is -6.49. The molecule has 0 aromatic rings. The van der Waals surface area contributed by atoms with Gasteiger partial charge in [-0.15, -0.1) is 0 Å². The number of rotatable bonds is 16. The second-order valence-corrected chi connectivity index (χ2v) is 6.96. The summed E-state index contributed by atoms with van der Waals surface area (Å²) in [7, 11) is 0. The molecule has 0 aliphatic carbocycles. The molecule has 17 nitrogen and oxygen atoms in total. The first-order valence-electron chi connectivity index (χ1n) is 9.77. The zero-order valence-corrected chi connectivity index (χ0v) is 18.0. The maximum absolute atomic E-state index is 12.4. The van der Waals surface area contributed by atoms with Crippen molar-refractivity contribution < 1.29 is 49.2 Å². The van der Waals surface area contributed by atoms with Gasteiger partial charge in [-0.25, -0.2) is 4.79 Å². The summed E-state index contributed by atoms with van der Waals surface area (Å²) >= 11 is 0. The van der Waals surface area contributed by atoms with Gasteiger partial charge in [0.05, 0.1) is 25.5 Å². The van der Waals surface area contributed by atoms with Gasteiger partial charge in [0.15, 0.2) is 5.96 Å². The standard InChI is InChI=1S/C17H29N7O10/c18-7(4-11(26)27)13(30)23-9(5-12(28)29)14(31)24-10(6-25)15(32)22-8(16(33)34)2-1-3-21-17(19)20/h7-10,25H,1-6,18H2,(H,22,32)(H,23,30)(H,24,31)(H,26,27)(H,28,29)(H,33,34)(H4,19,20,21). The maximum Gasteiger partial charge on any atom is 0.326 e. The number of nitrogens with two attached hydrogens (primary N) is 3. The van der Waals surface area contributed by atoms with Crippen LogP contribution in [-0.2, 0) is 28.8 Å². The number of carbonyl (C=O) groups excluding carboxylic acids is 3. The number of carboxylic acid groups (broad SMARTS) is 3. The maximum atomic E-state index is 12.4. The summed E-state index contributed by atoms with van der Waals surface area (Å²) in [6.45, 7) is -0.910. The third kappa shape index (κ3) is 12.2. The Morgan fingerprint density at radius 2 is 1.26 bits per heavy atom. The summed E-state index contributed by atoms with van der Waals surface area (Å²) in [4.78, 5) is 73.5. The van der Waals surface area contributed by atoms with E-state index in [4.69, 9.17) is 27.4 Å². The monoisotopic (exact) mass is 491 g/mol. The van der Waals surface area contributed by atoms with Crippen molar-refractivity contribution in [3.05, 3.63) is 0 Å². The largest absolute Gasteiger partial charge is 0.481 e. The molecule has 192 valence electrons. The number of aliphatic hydroxyl groups is 1. The van der Waals surface area contributed by atoms with Crippen LogP contribution in [0, 0.1) is 0 Å².